The minimum absolute atomic E-state index is 0. The van der Waals surface area contributed by atoms with Crippen molar-refractivity contribution < 1.29 is 28.8 Å². The van der Waals surface area contributed by atoms with Gasteiger partial charge in [-0.05, 0) is 51.7 Å². The van der Waals surface area contributed by atoms with E-state index in [4.69, 9.17) is 0 Å². The maximum atomic E-state index is 10.7. The second-order valence-corrected chi connectivity index (χ2v) is 11.8. The molecule has 0 saturated carbocycles. The van der Waals surface area contributed by atoms with E-state index < -0.39 is 5.97 Å². The standard InChI is InChI=1S/C34H69NO2.Li/c1-3-5-7-9-11-13-15-17-19-21-23-27-31-35(33-29-25-26-30-34(36)37)32-28-24-22-20-18-16-14-12-10-8-6-4-2;/h3-33H2,1-2H3,(H,36,37);/q;+1/p-1. The molecule has 0 aliphatic rings. The Morgan fingerprint density at radius 1 is 0.421 bits per heavy atom. The molecule has 222 valence electrons. The van der Waals surface area contributed by atoms with Gasteiger partial charge in [0.05, 0.1) is 0 Å². The molecule has 0 atom stereocenters. The molecule has 0 N–H and O–H groups in total. The van der Waals surface area contributed by atoms with Crippen molar-refractivity contribution in [2.24, 2.45) is 0 Å². The van der Waals surface area contributed by atoms with Gasteiger partial charge in [-0.1, -0.05) is 162 Å². The SMILES string of the molecule is CCCCCCCCCCCCCCN(CCCCCCCCCCCCCC)CCCCCC(=O)[O-].[Li+]. The Morgan fingerprint density at radius 2 is 0.658 bits per heavy atom. The number of rotatable bonds is 32. The fraction of sp³-hybridized carbons (Fsp3) is 0.971. The molecule has 3 nitrogen and oxygen atoms in total. The van der Waals surface area contributed by atoms with Crippen LogP contribution in [-0.4, -0.2) is 30.5 Å². The van der Waals surface area contributed by atoms with Gasteiger partial charge in [0.1, 0.15) is 0 Å². The van der Waals surface area contributed by atoms with Crippen LogP contribution in [0.5, 0.6) is 0 Å². The molecule has 0 unspecified atom stereocenters. The van der Waals surface area contributed by atoms with Crippen LogP contribution < -0.4 is 24.0 Å². The summed E-state index contributed by atoms with van der Waals surface area (Å²) >= 11 is 0. The quantitative estimate of drug-likeness (QED) is 0.0696. The zero-order valence-corrected chi connectivity index (χ0v) is 26.7. The molecule has 0 amide bonds. The molecule has 0 radical (unpaired) electrons. The molecule has 0 heterocycles. The van der Waals surface area contributed by atoms with Gasteiger partial charge in [0, 0.05) is 5.97 Å². The Kier molecular flexibility index (Phi) is 37.1. The Hall–Kier alpha value is 0.0274. The van der Waals surface area contributed by atoms with Gasteiger partial charge in [-0.2, -0.15) is 0 Å². The predicted molar refractivity (Wildman–Crippen MR) is 162 cm³/mol. The molecule has 0 aromatic rings. The largest absolute Gasteiger partial charge is 1.00 e. The van der Waals surface area contributed by atoms with Crippen LogP contribution in [0.25, 0.3) is 0 Å². The van der Waals surface area contributed by atoms with E-state index in [1.54, 1.807) is 0 Å². The number of carbonyl (C=O) groups is 1. The minimum atomic E-state index is -0.898. The molecule has 0 fully saturated rings. The third-order valence-corrected chi connectivity index (χ3v) is 8.01. The first-order chi connectivity index (χ1) is 18.2. The molecule has 0 aliphatic carbocycles. The first-order valence-corrected chi connectivity index (χ1v) is 17.1. The molecular weight excluding hydrogens is 461 g/mol. The van der Waals surface area contributed by atoms with Gasteiger partial charge < -0.3 is 14.8 Å². The Labute approximate surface area is 252 Å². The average Bonchev–Trinajstić information content (AvgIpc) is 2.89. The van der Waals surface area contributed by atoms with Gasteiger partial charge in [0.2, 0.25) is 0 Å². The fourth-order valence-corrected chi connectivity index (χ4v) is 5.47. The van der Waals surface area contributed by atoms with E-state index in [2.05, 4.69) is 18.7 Å². The first-order valence-electron chi connectivity index (χ1n) is 17.1. The van der Waals surface area contributed by atoms with E-state index in [1.165, 1.54) is 167 Å². The van der Waals surface area contributed by atoms with Crippen LogP contribution in [0.15, 0.2) is 0 Å². The Balaban J connectivity index is 0. The monoisotopic (exact) mass is 530 g/mol. The van der Waals surface area contributed by atoms with Crippen LogP contribution in [0.4, 0.5) is 0 Å². The molecule has 38 heavy (non-hydrogen) atoms. The zero-order chi connectivity index (χ0) is 27.1. The van der Waals surface area contributed by atoms with Gasteiger partial charge in [-0.25, -0.2) is 0 Å². The van der Waals surface area contributed by atoms with Gasteiger partial charge >= 0.3 is 18.9 Å². The van der Waals surface area contributed by atoms with Gasteiger partial charge in [-0.3, -0.25) is 0 Å². The zero-order valence-electron chi connectivity index (χ0n) is 26.7. The van der Waals surface area contributed by atoms with Crippen LogP contribution in [-0.2, 0) is 4.79 Å². The van der Waals surface area contributed by atoms with Crippen LogP contribution >= 0.6 is 0 Å². The number of nitrogens with zero attached hydrogens (tertiary/aromatic N) is 1. The topological polar surface area (TPSA) is 43.4 Å². The van der Waals surface area contributed by atoms with E-state index in [-0.39, 0.29) is 25.3 Å². The van der Waals surface area contributed by atoms with Crippen LogP contribution in [0.3, 0.4) is 0 Å². The second kappa shape index (κ2) is 35.1. The van der Waals surface area contributed by atoms with Crippen LogP contribution in [0, 0.1) is 0 Å². The smallest absolute Gasteiger partial charge is 0.550 e. The summed E-state index contributed by atoms with van der Waals surface area (Å²) < 4.78 is 0. The summed E-state index contributed by atoms with van der Waals surface area (Å²) in [6.07, 6.45) is 36.9. The van der Waals surface area contributed by atoms with E-state index in [1.807, 2.05) is 0 Å². The van der Waals surface area contributed by atoms with Crippen molar-refractivity contribution in [3.05, 3.63) is 0 Å². The van der Waals surface area contributed by atoms with Crippen molar-refractivity contribution in [1.82, 2.24) is 4.90 Å². The Morgan fingerprint density at radius 3 is 0.921 bits per heavy atom. The first kappa shape index (κ1) is 40.2. The van der Waals surface area contributed by atoms with Crippen molar-refractivity contribution in [2.45, 2.75) is 194 Å². The number of carbonyl (C=O) groups excluding carboxylic acids is 1. The summed E-state index contributed by atoms with van der Waals surface area (Å²) in [7, 11) is 0. The van der Waals surface area contributed by atoms with Crippen molar-refractivity contribution in [3.63, 3.8) is 0 Å². The Bertz CT molecular complexity index is 418. The van der Waals surface area contributed by atoms with Crippen molar-refractivity contribution in [1.29, 1.82) is 0 Å². The maximum Gasteiger partial charge on any atom is 1.00 e. The molecule has 0 aromatic carbocycles. The number of carboxylic acid groups (broad SMARTS) is 1. The summed E-state index contributed by atoms with van der Waals surface area (Å²) in [4.78, 5) is 13.3. The molecule has 0 aliphatic heterocycles. The van der Waals surface area contributed by atoms with Crippen molar-refractivity contribution >= 4 is 5.97 Å². The number of hydrogen-bond acceptors (Lipinski definition) is 3. The molecule has 0 aromatic heterocycles. The van der Waals surface area contributed by atoms with E-state index in [0.29, 0.717) is 0 Å². The van der Waals surface area contributed by atoms with Gasteiger partial charge in [-0.15, -0.1) is 0 Å². The molecule has 0 saturated heterocycles. The normalized spacial score (nSPS) is 11.2. The third kappa shape index (κ3) is 34.1. The van der Waals surface area contributed by atoms with Crippen molar-refractivity contribution in [3.8, 4) is 0 Å². The number of carboxylic acids is 1. The summed E-state index contributed by atoms with van der Waals surface area (Å²) in [5, 5.41) is 10.7. The summed E-state index contributed by atoms with van der Waals surface area (Å²) in [5.74, 6) is -0.898. The molecule has 0 spiro atoms. The summed E-state index contributed by atoms with van der Waals surface area (Å²) in [6.45, 7) is 8.19. The molecular formula is C34H68LiNO2. The third-order valence-electron chi connectivity index (χ3n) is 8.01. The summed E-state index contributed by atoms with van der Waals surface area (Å²) in [5.41, 5.74) is 0. The van der Waals surface area contributed by atoms with Crippen LogP contribution in [0.1, 0.15) is 194 Å². The molecule has 0 bridgehead atoms. The second-order valence-electron chi connectivity index (χ2n) is 11.8. The summed E-state index contributed by atoms with van der Waals surface area (Å²) in [6, 6.07) is 0. The number of unbranched alkanes of at least 4 members (excludes halogenated alkanes) is 24. The average molecular weight is 530 g/mol. The molecule has 0 rings (SSSR count). The van der Waals surface area contributed by atoms with E-state index in [0.717, 1.165) is 25.8 Å². The fourth-order valence-electron chi connectivity index (χ4n) is 5.47. The van der Waals surface area contributed by atoms with Crippen LogP contribution in [0.2, 0.25) is 0 Å². The van der Waals surface area contributed by atoms with Gasteiger partial charge in [0.15, 0.2) is 0 Å². The van der Waals surface area contributed by atoms with Gasteiger partial charge in [0.25, 0.3) is 0 Å². The predicted octanol–water partition coefficient (Wildman–Crippen LogP) is 7.00. The minimum Gasteiger partial charge on any atom is -0.550 e. The molecule has 4 heteroatoms. The van der Waals surface area contributed by atoms with E-state index >= 15 is 0 Å². The van der Waals surface area contributed by atoms with Crippen molar-refractivity contribution in [2.75, 3.05) is 19.6 Å². The number of hydrogen-bond donors (Lipinski definition) is 0. The van der Waals surface area contributed by atoms with E-state index in [9.17, 15) is 9.90 Å². The number of aliphatic carboxylic acids is 1. The maximum absolute atomic E-state index is 10.7.